The number of rotatable bonds is 0. The summed E-state index contributed by atoms with van der Waals surface area (Å²) in [5.74, 6) is 0.779. The molecular formula is C24H18. The second kappa shape index (κ2) is 5.35. The van der Waals surface area contributed by atoms with Crippen molar-refractivity contribution >= 4 is 0 Å². The molecule has 0 N–H and O–H groups in total. The molecule has 0 heteroatoms. The zero-order valence-corrected chi connectivity index (χ0v) is 13.4. The number of fused-ring (bicyclic) bond motifs is 8. The third kappa shape index (κ3) is 1.93. The lowest BCUT2D eigenvalue weighted by Gasteiger charge is -2.31. The standard InChI is InChI=1S/C24H18/c1-2-10-18-17(9-1)19-11-3-4-13-21(19)23-15-7-8-16-24(23)22-14-6-5-12-20(18)22/h1-18H. The minimum absolute atomic E-state index is 0.390. The Morgan fingerprint density at radius 1 is 0.417 bits per heavy atom. The van der Waals surface area contributed by atoms with E-state index in [0.29, 0.717) is 11.8 Å². The lowest BCUT2D eigenvalue weighted by atomic mass is 9.72. The minimum Gasteiger partial charge on any atom is -0.0761 e. The van der Waals surface area contributed by atoms with E-state index in [-0.39, 0.29) is 0 Å². The van der Waals surface area contributed by atoms with E-state index in [1.165, 1.54) is 33.4 Å². The highest BCUT2D eigenvalue weighted by molar-refractivity contribution is 5.88. The van der Waals surface area contributed by atoms with E-state index in [0.717, 1.165) is 0 Å². The SMILES string of the molecule is C1=CC2c3ccccc3-c3ccccc3-c3ccccc3C2C=C1. The molecule has 5 rings (SSSR count). The van der Waals surface area contributed by atoms with E-state index in [4.69, 9.17) is 0 Å². The quantitative estimate of drug-likeness (QED) is 0.455. The molecule has 0 saturated heterocycles. The minimum atomic E-state index is 0.390. The Balaban J connectivity index is 1.92. The zero-order chi connectivity index (χ0) is 15.9. The molecule has 2 aliphatic rings. The summed E-state index contributed by atoms with van der Waals surface area (Å²) >= 11 is 0. The van der Waals surface area contributed by atoms with Crippen molar-refractivity contribution in [1.29, 1.82) is 0 Å². The van der Waals surface area contributed by atoms with Crippen molar-refractivity contribution in [2.45, 2.75) is 11.8 Å². The lowest BCUT2D eigenvalue weighted by Crippen LogP contribution is -2.13. The van der Waals surface area contributed by atoms with Crippen LogP contribution in [0.5, 0.6) is 0 Å². The van der Waals surface area contributed by atoms with Crippen molar-refractivity contribution in [1.82, 2.24) is 0 Å². The first-order chi connectivity index (χ1) is 11.9. The summed E-state index contributed by atoms with van der Waals surface area (Å²) < 4.78 is 0. The van der Waals surface area contributed by atoms with Crippen LogP contribution in [-0.2, 0) is 0 Å². The predicted molar refractivity (Wildman–Crippen MR) is 101 cm³/mol. The van der Waals surface area contributed by atoms with Gasteiger partial charge in [0.2, 0.25) is 0 Å². The van der Waals surface area contributed by atoms with Crippen LogP contribution >= 0.6 is 0 Å². The van der Waals surface area contributed by atoms with Crippen LogP contribution in [0.3, 0.4) is 0 Å². The van der Waals surface area contributed by atoms with Crippen LogP contribution in [0, 0.1) is 0 Å². The Kier molecular flexibility index (Phi) is 3.02. The molecule has 114 valence electrons. The maximum atomic E-state index is 2.36. The summed E-state index contributed by atoms with van der Waals surface area (Å²) in [5, 5.41) is 0. The molecule has 2 aliphatic carbocycles. The first-order valence-electron chi connectivity index (χ1n) is 8.56. The first kappa shape index (κ1) is 13.6. The van der Waals surface area contributed by atoms with Gasteiger partial charge in [-0.1, -0.05) is 97.1 Å². The van der Waals surface area contributed by atoms with Gasteiger partial charge in [0.05, 0.1) is 0 Å². The molecule has 0 fully saturated rings. The summed E-state index contributed by atoms with van der Waals surface area (Å²) in [6.07, 6.45) is 9.09. The highest BCUT2D eigenvalue weighted by Crippen LogP contribution is 2.48. The van der Waals surface area contributed by atoms with Crippen molar-refractivity contribution in [2.24, 2.45) is 0 Å². The maximum Gasteiger partial charge on any atom is 0.0131 e. The lowest BCUT2D eigenvalue weighted by molar-refractivity contribution is 0.731. The Morgan fingerprint density at radius 2 is 0.792 bits per heavy atom. The van der Waals surface area contributed by atoms with Crippen LogP contribution in [-0.4, -0.2) is 0 Å². The highest BCUT2D eigenvalue weighted by Gasteiger charge is 2.29. The Hall–Kier alpha value is -2.86. The number of hydrogen-bond donors (Lipinski definition) is 0. The van der Waals surface area contributed by atoms with Gasteiger partial charge >= 0.3 is 0 Å². The van der Waals surface area contributed by atoms with Crippen molar-refractivity contribution in [3.63, 3.8) is 0 Å². The van der Waals surface area contributed by atoms with Crippen LogP contribution < -0.4 is 0 Å². The van der Waals surface area contributed by atoms with Gasteiger partial charge in [0, 0.05) is 11.8 Å². The van der Waals surface area contributed by atoms with Gasteiger partial charge in [-0.3, -0.25) is 0 Å². The van der Waals surface area contributed by atoms with E-state index in [1.54, 1.807) is 0 Å². The molecule has 0 bridgehead atoms. The summed E-state index contributed by atoms with van der Waals surface area (Å²) in [6.45, 7) is 0. The number of hydrogen-bond acceptors (Lipinski definition) is 0. The van der Waals surface area contributed by atoms with Crippen molar-refractivity contribution in [3.8, 4) is 22.3 Å². The molecule has 3 aromatic rings. The third-order valence-corrected chi connectivity index (χ3v) is 5.28. The molecule has 0 radical (unpaired) electrons. The van der Waals surface area contributed by atoms with Crippen molar-refractivity contribution in [3.05, 3.63) is 108 Å². The molecule has 0 amide bonds. The molecule has 0 heterocycles. The molecular weight excluding hydrogens is 288 g/mol. The summed E-state index contributed by atoms with van der Waals surface area (Å²) in [5.41, 5.74) is 8.23. The van der Waals surface area contributed by atoms with Crippen LogP contribution in [0.2, 0.25) is 0 Å². The molecule has 0 aromatic heterocycles. The highest BCUT2D eigenvalue weighted by atomic mass is 14.3. The number of allylic oxidation sites excluding steroid dienone is 4. The summed E-state index contributed by atoms with van der Waals surface area (Å²) in [6, 6.07) is 26.6. The summed E-state index contributed by atoms with van der Waals surface area (Å²) in [4.78, 5) is 0. The van der Waals surface area contributed by atoms with Gasteiger partial charge in [-0.05, 0) is 33.4 Å². The van der Waals surface area contributed by atoms with Gasteiger partial charge in [0.15, 0.2) is 0 Å². The first-order valence-corrected chi connectivity index (χ1v) is 8.56. The maximum absolute atomic E-state index is 2.36. The molecule has 0 saturated carbocycles. The van der Waals surface area contributed by atoms with Gasteiger partial charge in [-0.2, -0.15) is 0 Å². The monoisotopic (exact) mass is 306 g/mol. The van der Waals surface area contributed by atoms with Crippen LogP contribution in [0.15, 0.2) is 97.1 Å². The van der Waals surface area contributed by atoms with E-state index in [9.17, 15) is 0 Å². The fourth-order valence-electron chi connectivity index (χ4n) is 4.22. The van der Waals surface area contributed by atoms with E-state index >= 15 is 0 Å². The third-order valence-electron chi connectivity index (χ3n) is 5.28. The average molecular weight is 306 g/mol. The second-order valence-electron chi connectivity index (χ2n) is 6.54. The normalized spacial score (nSPS) is 20.2. The molecule has 0 spiro atoms. The Labute approximate surface area is 142 Å². The van der Waals surface area contributed by atoms with Gasteiger partial charge in [-0.15, -0.1) is 0 Å². The Morgan fingerprint density at radius 3 is 1.25 bits per heavy atom. The van der Waals surface area contributed by atoms with Crippen LogP contribution in [0.1, 0.15) is 23.0 Å². The molecule has 2 unspecified atom stereocenters. The van der Waals surface area contributed by atoms with Gasteiger partial charge in [0.25, 0.3) is 0 Å². The van der Waals surface area contributed by atoms with Gasteiger partial charge < -0.3 is 0 Å². The van der Waals surface area contributed by atoms with E-state index < -0.39 is 0 Å². The molecule has 2 atom stereocenters. The number of benzene rings is 3. The van der Waals surface area contributed by atoms with Gasteiger partial charge in [0.1, 0.15) is 0 Å². The molecule has 0 aliphatic heterocycles. The average Bonchev–Trinajstić information content (AvgIpc) is 2.67. The van der Waals surface area contributed by atoms with Crippen molar-refractivity contribution in [2.75, 3.05) is 0 Å². The topological polar surface area (TPSA) is 0 Å². The fourth-order valence-corrected chi connectivity index (χ4v) is 4.22. The molecule has 0 nitrogen and oxygen atoms in total. The summed E-state index contributed by atoms with van der Waals surface area (Å²) in [7, 11) is 0. The van der Waals surface area contributed by atoms with E-state index in [2.05, 4.69) is 97.1 Å². The largest absolute Gasteiger partial charge is 0.0761 e. The smallest absolute Gasteiger partial charge is 0.0131 e. The van der Waals surface area contributed by atoms with Crippen LogP contribution in [0.25, 0.3) is 22.3 Å². The zero-order valence-electron chi connectivity index (χ0n) is 13.4. The predicted octanol–water partition coefficient (Wildman–Crippen LogP) is 6.33. The Bertz CT molecular complexity index is 894. The van der Waals surface area contributed by atoms with Crippen LogP contribution in [0.4, 0.5) is 0 Å². The molecule has 3 aromatic carbocycles. The molecule has 24 heavy (non-hydrogen) atoms. The van der Waals surface area contributed by atoms with E-state index in [1.807, 2.05) is 0 Å². The fraction of sp³-hybridized carbons (Fsp3) is 0.0833. The van der Waals surface area contributed by atoms with Crippen molar-refractivity contribution < 1.29 is 0 Å². The van der Waals surface area contributed by atoms with Gasteiger partial charge in [-0.25, -0.2) is 0 Å². The second-order valence-corrected chi connectivity index (χ2v) is 6.54.